The molecule has 3 aromatic carbocycles. The molecule has 0 unspecified atom stereocenters. The molecule has 2 N–H and O–H groups in total. The van der Waals surface area contributed by atoms with Crippen LogP contribution in [0, 0.1) is 0 Å². The average molecular weight is 538 g/mol. The molecule has 0 amide bonds. The van der Waals surface area contributed by atoms with E-state index in [9.17, 15) is 15.0 Å². The second-order valence-electron chi connectivity index (χ2n) is 10.8. The third-order valence-corrected chi connectivity index (χ3v) is 8.08. The number of nitrogens with zero attached hydrogens (tertiary/aromatic N) is 3. The standard InChI is InChI=1S/C33H35N3O4/c37-27-13-7-23(8-14-27)31-30(32(24-9-15-28(38)16-10-24)36(34-31)26-5-4-6-26)33(39)25-11-17-29(18-12-25)40-22-21-35-19-2-1-3-20-35/h7-18,26,37-38H,1-6,19-22H2. The molecule has 2 fully saturated rings. The summed E-state index contributed by atoms with van der Waals surface area (Å²) < 4.78 is 7.99. The molecule has 7 nitrogen and oxygen atoms in total. The van der Waals surface area contributed by atoms with Gasteiger partial charge in [-0.2, -0.15) is 5.10 Å². The van der Waals surface area contributed by atoms with Crippen LogP contribution in [0.2, 0.25) is 0 Å². The number of ketones is 1. The topological polar surface area (TPSA) is 87.8 Å². The van der Waals surface area contributed by atoms with Gasteiger partial charge in [0, 0.05) is 23.2 Å². The van der Waals surface area contributed by atoms with E-state index in [1.54, 1.807) is 36.4 Å². The molecule has 0 spiro atoms. The molecule has 6 rings (SSSR count). The maximum atomic E-state index is 14.2. The van der Waals surface area contributed by atoms with Gasteiger partial charge in [-0.25, -0.2) is 0 Å². The molecule has 40 heavy (non-hydrogen) atoms. The van der Waals surface area contributed by atoms with E-state index in [1.807, 2.05) is 41.1 Å². The number of piperidine rings is 1. The number of hydrogen-bond acceptors (Lipinski definition) is 6. The highest BCUT2D eigenvalue weighted by Gasteiger charge is 2.31. The van der Waals surface area contributed by atoms with Gasteiger partial charge in [-0.15, -0.1) is 0 Å². The van der Waals surface area contributed by atoms with Crippen LogP contribution in [0.5, 0.6) is 17.2 Å². The van der Waals surface area contributed by atoms with Gasteiger partial charge < -0.3 is 14.9 Å². The van der Waals surface area contributed by atoms with Gasteiger partial charge in [0.2, 0.25) is 0 Å². The number of likely N-dealkylation sites (tertiary alicyclic amines) is 1. The molecule has 0 radical (unpaired) electrons. The molecule has 7 heteroatoms. The third kappa shape index (κ3) is 5.47. The molecule has 1 aliphatic heterocycles. The molecule has 2 heterocycles. The van der Waals surface area contributed by atoms with Gasteiger partial charge in [-0.05, 0) is 118 Å². The van der Waals surface area contributed by atoms with E-state index in [-0.39, 0.29) is 23.3 Å². The summed E-state index contributed by atoms with van der Waals surface area (Å²) in [6.45, 7) is 3.81. The second kappa shape index (κ2) is 11.6. The number of benzene rings is 3. The number of carbonyl (C=O) groups excluding carboxylic acids is 1. The van der Waals surface area contributed by atoms with Crippen molar-refractivity contribution in [2.45, 2.75) is 44.6 Å². The van der Waals surface area contributed by atoms with Crippen LogP contribution in [0.3, 0.4) is 0 Å². The molecule has 206 valence electrons. The van der Waals surface area contributed by atoms with Crippen molar-refractivity contribution < 1.29 is 19.7 Å². The van der Waals surface area contributed by atoms with Gasteiger partial charge in [0.1, 0.15) is 29.5 Å². The van der Waals surface area contributed by atoms with E-state index in [0.29, 0.717) is 23.4 Å². The number of rotatable bonds is 9. The van der Waals surface area contributed by atoms with Crippen LogP contribution in [0.15, 0.2) is 72.8 Å². The Labute approximate surface area is 234 Å². The fourth-order valence-corrected chi connectivity index (χ4v) is 5.58. The Balaban J connectivity index is 1.34. The fraction of sp³-hybridized carbons (Fsp3) is 0.333. The first-order valence-corrected chi connectivity index (χ1v) is 14.3. The number of phenolic OH excluding ortho intramolecular Hbond substituents is 2. The minimum absolute atomic E-state index is 0.128. The first-order valence-electron chi connectivity index (χ1n) is 14.3. The third-order valence-electron chi connectivity index (χ3n) is 8.08. The van der Waals surface area contributed by atoms with E-state index in [2.05, 4.69) is 4.90 Å². The zero-order valence-electron chi connectivity index (χ0n) is 22.6. The molecule has 1 saturated heterocycles. The Morgan fingerprint density at radius 2 is 1.43 bits per heavy atom. The van der Waals surface area contributed by atoms with E-state index >= 15 is 0 Å². The first-order chi connectivity index (χ1) is 19.6. The van der Waals surface area contributed by atoms with Crippen molar-refractivity contribution in [3.05, 3.63) is 83.9 Å². The summed E-state index contributed by atoms with van der Waals surface area (Å²) >= 11 is 0. The van der Waals surface area contributed by atoms with Crippen LogP contribution in [0.25, 0.3) is 22.5 Å². The van der Waals surface area contributed by atoms with Crippen LogP contribution in [-0.2, 0) is 0 Å². The maximum absolute atomic E-state index is 14.2. The number of ether oxygens (including phenoxy) is 1. The number of aromatic hydroxyl groups is 2. The lowest BCUT2D eigenvalue weighted by Gasteiger charge is -2.27. The Kier molecular flexibility index (Phi) is 7.55. The molecule has 2 aliphatic rings. The summed E-state index contributed by atoms with van der Waals surface area (Å²) in [5.41, 5.74) is 3.99. The van der Waals surface area contributed by atoms with E-state index in [4.69, 9.17) is 9.84 Å². The van der Waals surface area contributed by atoms with Crippen molar-refractivity contribution in [2.75, 3.05) is 26.2 Å². The van der Waals surface area contributed by atoms with Crippen LogP contribution in [-0.4, -0.2) is 56.9 Å². The summed E-state index contributed by atoms with van der Waals surface area (Å²) in [6.07, 6.45) is 6.95. The molecule has 1 aliphatic carbocycles. The molecule has 0 bridgehead atoms. The SMILES string of the molecule is O=C(c1ccc(OCCN2CCCCC2)cc1)c1c(-c2ccc(O)cc2)nn(C2CCC2)c1-c1ccc(O)cc1. The number of hydrogen-bond donors (Lipinski definition) is 2. The highest BCUT2D eigenvalue weighted by atomic mass is 16.5. The Bertz CT molecular complexity index is 1450. The number of phenols is 2. The Morgan fingerprint density at radius 1 is 0.800 bits per heavy atom. The van der Waals surface area contributed by atoms with Gasteiger partial charge in [-0.1, -0.05) is 6.42 Å². The van der Waals surface area contributed by atoms with Crippen molar-refractivity contribution in [3.63, 3.8) is 0 Å². The number of aromatic nitrogens is 2. The van der Waals surface area contributed by atoms with Crippen molar-refractivity contribution in [3.8, 4) is 39.8 Å². The van der Waals surface area contributed by atoms with Gasteiger partial charge in [-0.3, -0.25) is 14.4 Å². The smallest absolute Gasteiger partial charge is 0.197 e. The monoisotopic (exact) mass is 537 g/mol. The predicted molar refractivity (Wildman–Crippen MR) is 155 cm³/mol. The van der Waals surface area contributed by atoms with Gasteiger partial charge in [0.05, 0.1) is 17.3 Å². The summed E-state index contributed by atoms with van der Waals surface area (Å²) in [6, 6.07) is 21.3. The summed E-state index contributed by atoms with van der Waals surface area (Å²) in [4.78, 5) is 16.7. The van der Waals surface area contributed by atoms with E-state index in [0.717, 1.165) is 61.5 Å². The second-order valence-corrected chi connectivity index (χ2v) is 10.8. The van der Waals surface area contributed by atoms with Gasteiger partial charge >= 0.3 is 0 Å². The summed E-state index contributed by atoms with van der Waals surface area (Å²) in [7, 11) is 0. The lowest BCUT2D eigenvalue weighted by molar-refractivity contribution is 0.103. The van der Waals surface area contributed by atoms with Crippen LogP contribution >= 0.6 is 0 Å². The molecule has 0 atom stereocenters. The normalized spacial score (nSPS) is 16.0. The zero-order chi connectivity index (χ0) is 27.5. The van der Waals surface area contributed by atoms with E-state index < -0.39 is 0 Å². The zero-order valence-corrected chi connectivity index (χ0v) is 22.6. The van der Waals surface area contributed by atoms with Crippen molar-refractivity contribution >= 4 is 5.78 Å². The van der Waals surface area contributed by atoms with Crippen LogP contribution in [0.4, 0.5) is 0 Å². The van der Waals surface area contributed by atoms with Gasteiger partial charge in [0.15, 0.2) is 5.78 Å². The summed E-state index contributed by atoms with van der Waals surface area (Å²) in [5.74, 6) is 0.943. The highest BCUT2D eigenvalue weighted by Crippen LogP contribution is 2.41. The minimum atomic E-state index is -0.128. The predicted octanol–water partition coefficient (Wildman–Crippen LogP) is 6.45. The molecule has 1 saturated carbocycles. The number of carbonyl (C=O) groups is 1. The Hall–Kier alpha value is -4.10. The maximum Gasteiger partial charge on any atom is 0.197 e. The lowest BCUT2D eigenvalue weighted by Crippen LogP contribution is -2.33. The molecular formula is C33H35N3O4. The quantitative estimate of drug-likeness (QED) is 0.239. The lowest BCUT2D eigenvalue weighted by atomic mass is 9.91. The van der Waals surface area contributed by atoms with Crippen LogP contribution < -0.4 is 4.74 Å². The molecule has 4 aromatic rings. The Morgan fingerprint density at radius 3 is 2.02 bits per heavy atom. The minimum Gasteiger partial charge on any atom is -0.508 e. The average Bonchev–Trinajstić information content (AvgIpc) is 3.33. The first kappa shape index (κ1) is 26.1. The van der Waals surface area contributed by atoms with Gasteiger partial charge in [0.25, 0.3) is 0 Å². The van der Waals surface area contributed by atoms with Crippen molar-refractivity contribution in [1.29, 1.82) is 0 Å². The molecular weight excluding hydrogens is 502 g/mol. The highest BCUT2D eigenvalue weighted by molar-refractivity contribution is 6.16. The fourth-order valence-electron chi connectivity index (χ4n) is 5.58. The van der Waals surface area contributed by atoms with Crippen molar-refractivity contribution in [1.82, 2.24) is 14.7 Å². The largest absolute Gasteiger partial charge is 0.508 e. The molecule has 1 aromatic heterocycles. The van der Waals surface area contributed by atoms with Crippen LogP contribution in [0.1, 0.15) is 60.5 Å². The van der Waals surface area contributed by atoms with E-state index in [1.165, 1.54) is 19.3 Å². The van der Waals surface area contributed by atoms with Crippen molar-refractivity contribution in [2.24, 2.45) is 0 Å². The summed E-state index contributed by atoms with van der Waals surface area (Å²) in [5, 5.41) is 24.8.